The molecule has 116 valence electrons. The Morgan fingerprint density at radius 3 is 2.70 bits per heavy atom. The number of rotatable bonds is 2. The molecule has 0 radical (unpaired) electrons. The number of hydrogen-bond donors (Lipinski definition) is 3. The minimum absolute atomic E-state index is 0.320. The molecule has 0 spiro atoms. The molecule has 1 atom stereocenters. The largest absolute Gasteiger partial charge is 0.465 e. The summed E-state index contributed by atoms with van der Waals surface area (Å²) in [5, 5.41) is 14.5. The molecule has 0 bridgehead atoms. The molecular formula is C16H12IN3O2S. The molecule has 0 saturated carbocycles. The zero-order valence-electron chi connectivity index (χ0n) is 11.8. The summed E-state index contributed by atoms with van der Waals surface area (Å²) in [6.07, 6.45) is -2.00. The first kappa shape index (κ1) is 15.9. The van der Waals surface area contributed by atoms with Crippen LogP contribution < -0.4 is 10.6 Å². The lowest BCUT2D eigenvalue weighted by molar-refractivity contribution is 0.193. The smallest absolute Gasteiger partial charge is 0.406 e. The minimum Gasteiger partial charge on any atom is -0.465 e. The zero-order valence-corrected chi connectivity index (χ0v) is 14.8. The van der Waals surface area contributed by atoms with Crippen molar-refractivity contribution in [2.24, 2.45) is 4.99 Å². The Bertz CT molecular complexity index is 808. The summed E-state index contributed by atoms with van der Waals surface area (Å²) in [6, 6.07) is 15.5. The summed E-state index contributed by atoms with van der Waals surface area (Å²) >= 11 is 7.53. The summed E-state index contributed by atoms with van der Waals surface area (Å²) in [5.41, 5.74) is 3.30. The highest BCUT2D eigenvalue weighted by Crippen LogP contribution is 2.26. The van der Waals surface area contributed by atoms with E-state index >= 15 is 0 Å². The third-order valence-corrected chi connectivity index (χ3v) is 4.30. The van der Waals surface area contributed by atoms with Crippen molar-refractivity contribution in [1.29, 1.82) is 0 Å². The molecule has 0 fully saturated rings. The van der Waals surface area contributed by atoms with Crippen LogP contribution >= 0.6 is 34.8 Å². The van der Waals surface area contributed by atoms with Crippen LogP contribution in [0.25, 0.3) is 0 Å². The maximum atomic E-state index is 11.0. The number of nitrogens with zero attached hydrogens (tertiary/aromatic N) is 1. The number of benzene rings is 2. The van der Waals surface area contributed by atoms with Crippen molar-refractivity contribution in [2.75, 3.05) is 5.32 Å². The van der Waals surface area contributed by atoms with E-state index in [1.54, 1.807) is 0 Å². The van der Waals surface area contributed by atoms with E-state index < -0.39 is 12.3 Å². The van der Waals surface area contributed by atoms with Crippen LogP contribution in [0.4, 0.5) is 10.5 Å². The Balaban J connectivity index is 2.18. The third-order valence-electron chi connectivity index (χ3n) is 3.31. The van der Waals surface area contributed by atoms with Crippen molar-refractivity contribution in [3.05, 3.63) is 63.2 Å². The molecule has 2 aromatic rings. The van der Waals surface area contributed by atoms with Crippen LogP contribution in [0.3, 0.4) is 0 Å². The molecule has 2 aromatic carbocycles. The molecule has 1 aliphatic rings. The normalized spacial score (nSPS) is 16.7. The molecule has 5 nitrogen and oxygen atoms in total. The number of amides is 1. The summed E-state index contributed by atoms with van der Waals surface area (Å²) in [4.78, 5) is 15.9. The lowest BCUT2D eigenvalue weighted by Gasteiger charge is -2.13. The maximum absolute atomic E-state index is 11.0. The second-order valence-corrected chi connectivity index (χ2v) is 6.56. The number of fused-ring (bicyclic) bond motifs is 1. The molecule has 1 amide bonds. The first-order valence-corrected chi connectivity index (χ1v) is 8.27. The first-order chi connectivity index (χ1) is 11.0. The number of halogens is 1. The highest BCUT2D eigenvalue weighted by atomic mass is 127. The molecule has 0 aromatic heterocycles. The zero-order chi connectivity index (χ0) is 16.4. The number of carbonyl (C=O) groups is 1. The molecule has 1 aliphatic heterocycles. The summed E-state index contributed by atoms with van der Waals surface area (Å²) in [6.45, 7) is 0. The van der Waals surface area contributed by atoms with E-state index in [1.807, 2.05) is 48.5 Å². The van der Waals surface area contributed by atoms with Gasteiger partial charge in [0.15, 0.2) is 6.17 Å². The highest BCUT2D eigenvalue weighted by molar-refractivity contribution is 14.1. The van der Waals surface area contributed by atoms with Crippen LogP contribution in [0.15, 0.2) is 53.5 Å². The summed E-state index contributed by atoms with van der Waals surface area (Å²) in [5.74, 6) is 0. The number of benzodiazepines with no additional fused rings is 1. The second-order valence-electron chi connectivity index (χ2n) is 4.87. The monoisotopic (exact) mass is 437 g/mol. The van der Waals surface area contributed by atoms with Gasteiger partial charge in [0.25, 0.3) is 0 Å². The van der Waals surface area contributed by atoms with E-state index in [4.69, 9.17) is 17.3 Å². The quantitative estimate of drug-likeness (QED) is 0.497. The van der Waals surface area contributed by atoms with Gasteiger partial charge in [-0.2, -0.15) is 0 Å². The fourth-order valence-corrected chi connectivity index (χ4v) is 3.03. The van der Waals surface area contributed by atoms with Gasteiger partial charge >= 0.3 is 6.09 Å². The van der Waals surface area contributed by atoms with E-state index in [1.165, 1.54) is 0 Å². The van der Waals surface area contributed by atoms with Crippen molar-refractivity contribution >= 4 is 57.3 Å². The van der Waals surface area contributed by atoms with Gasteiger partial charge in [0.1, 0.15) is 4.99 Å². The second kappa shape index (κ2) is 6.63. The SMILES string of the molecule is O=C(O)NC1N=C(c2ccccc2)c2cc(I)ccc2NC1=S. The van der Waals surface area contributed by atoms with Gasteiger partial charge in [0, 0.05) is 20.4 Å². The number of thiocarbonyl (C=S) groups is 1. The van der Waals surface area contributed by atoms with Crippen LogP contribution in [0, 0.1) is 3.57 Å². The van der Waals surface area contributed by atoms with Crippen LogP contribution in [0.2, 0.25) is 0 Å². The summed E-state index contributed by atoms with van der Waals surface area (Å²) in [7, 11) is 0. The predicted octanol–water partition coefficient (Wildman–Crippen LogP) is 3.48. The van der Waals surface area contributed by atoms with E-state index in [2.05, 4.69) is 38.2 Å². The molecule has 3 rings (SSSR count). The average Bonchev–Trinajstić information content (AvgIpc) is 2.65. The van der Waals surface area contributed by atoms with Gasteiger partial charge in [-0.25, -0.2) is 4.79 Å². The number of nitrogens with one attached hydrogen (secondary N) is 2. The van der Waals surface area contributed by atoms with Crippen LogP contribution in [-0.2, 0) is 0 Å². The highest BCUT2D eigenvalue weighted by Gasteiger charge is 2.24. The van der Waals surface area contributed by atoms with Gasteiger partial charge in [-0.15, -0.1) is 0 Å². The number of anilines is 1. The molecular weight excluding hydrogens is 425 g/mol. The number of aliphatic imine (C=N–C) groups is 1. The predicted molar refractivity (Wildman–Crippen MR) is 102 cm³/mol. The molecule has 1 unspecified atom stereocenters. The molecule has 23 heavy (non-hydrogen) atoms. The topological polar surface area (TPSA) is 73.7 Å². The lowest BCUT2D eigenvalue weighted by atomic mass is 10.0. The Labute approximate surface area is 152 Å². The van der Waals surface area contributed by atoms with Gasteiger partial charge in [-0.1, -0.05) is 42.5 Å². The van der Waals surface area contributed by atoms with E-state index in [0.717, 1.165) is 20.4 Å². The van der Waals surface area contributed by atoms with E-state index in [0.29, 0.717) is 10.7 Å². The molecule has 3 N–H and O–H groups in total. The van der Waals surface area contributed by atoms with E-state index in [9.17, 15) is 4.79 Å². The Morgan fingerprint density at radius 1 is 1.26 bits per heavy atom. The van der Waals surface area contributed by atoms with Crippen molar-refractivity contribution in [3.8, 4) is 0 Å². The van der Waals surface area contributed by atoms with Gasteiger partial charge < -0.3 is 10.4 Å². The van der Waals surface area contributed by atoms with Gasteiger partial charge in [0.05, 0.1) is 5.71 Å². The van der Waals surface area contributed by atoms with Crippen LogP contribution in [-0.4, -0.2) is 28.1 Å². The van der Waals surface area contributed by atoms with Crippen molar-refractivity contribution < 1.29 is 9.90 Å². The van der Waals surface area contributed by atoms with E-state index in [-0.39, 0.29) is 0 Å². The first-order valence-electron chi connectivity index (χ1n) is 6.78. The Morgan fingerprint density at radius 2 is 2.00 bits per heavy atom. The minimum atomic E-state index is -1.17. The van der Waals surface area contributed by atoms with Gasteiger partial charge in [-0.05, 0) is 40.8 Å². The lowest BCUT2D eigenvalue weighted by Crippen LogP contribution is -2.40. The summed E-state index contributed by atoms with van der Waals surface area (Å²) < 4.78 is 1.06. The molecule has 0 saturated heterocycles. The Hall–Kier alpha value is -2.00. The fraction of sp³-hybridized carbons (Fsp3) is 0.0625. The van der Waals surface area contributed by atoms with Gasteiger partial charge in [0.2, 0.25) is 0 Å². The average molecular weight is 437 g/mol. The van der Waals surface area contributed by atoms with Crippen molar-refractivity contribution in [2.45, 2.75) is 6.17 Å². The molecule has 0 aliphatic carbocycles. The van der Waals surface area contributed by atoms with Crippen molar-refractivity contribution in [1.82, 2.24) is 5.32 Å². The Kier molecular flexibility index (Phi) is 4.58. The number of carboxylic acid groups (broad SMARTS) is 1. The maximum Gasteiger partial charge on any atom is 0.406 e. The molecule has 7 heteroatoms. The number of hydrogen-bond acceptors (Lipinski definition) is 3. The van der Waals surface area contributed by atoms with Crippen molar-refractivity contribution in [3.63, 3.8) is 0 Å². The third kappa shape index (κ3) is 3.50. The van der Waals surface area contributed by atoms with Crippen LogP contribution in [0.5, 0.6) is 0 Å². The van der Waals surface area contributed by atoms with Crippen LogP contribution in [0.1, 0.15) is 11.1 Å². The standard InChI is InChI=1S/C16H12IN3O2S/c17-10-6-7-12-11(8-10)13(9-4-2-1-3-5-9)19-14(15(23)18-12)20-16(21)22/h1-8,14,20H,(H,18,23)(H,21,22). The molecule has 1 heterocycles. The van der Waals surface area contributed by atoms with Gasteiger partial charge in [-0.3, -0.25) is 10.3 Å². The fourth-order valence-electron chi connectivity index (χ4n) is 2.32.